The van der Waals surface area contributed by atoms with Gasteiger partial charge in [0.1, 0.15) is 0 Å². The first-order chi connectivity index (χ1) is 13.1. The van der Waals surface area contributed by atoms with Crippen molar-refractivity contribution >= 4 is 40.9 Å². The van der Waals surface area contributed by atoms with Gasteiger partial charge in [0.05, 0.1) is 6.04 Å². The number of hydrazine groups is 1. The molecule has 0 saturated carbocycles. The predicted octanol–water partition coefficient (Wildman–Crippen LogP) is 3.88. The number of nitrogens with one attached hydrogen (secondary N) is 2. The second kappa shape index (κ2) is 9.60. The van der Waals surface area contributed by atoms with Crippen molar-refractivity contribution in [3.05, 3.63) is 71.0 Å². The normalized spacial score (nSPS) is 17.6. The number of carbonyl (C=O) groups excluding carboxylic acids is 1. The maximum Gasteiger partial charge on any atom is 0.250 e. The average molecular weight is 401 g/mol. The third kappa shape index (κ3) is 5.85. The molecule has 1 atom stereocenters. The number of pyridine rings is 1. The Morgan fingerprint density at radius 2 is 2.07 bits per heavy atom. The zero-order chi connectivity index (χ0) is 19.1. The second-order valence-electron chi connectivity index (χ2n) is 6.31. The summed E-state index contributed by atoms with van der Waals surface area (Å²) < 4.78 is 0. The molecule has 1 saturated heterocycles. The van der Waals surface area contributed by atoms with E-state index < -0.39 is 0 Å². The third-order valence-corrected chi connectivity index (χ3v) is 4.80. The van der Waals surface area contributed by atoms with Crippen molar-refractivity contribution in [2.45, 2.75) is 25.3 Å². The second-order valence-corrected chi connectivity index (χ2v) is 7.15. The molecule has 1 aliphatic heterocycles. The van der Waals surface area contributed by atoms with Crippen LogP contribution in [0.3, 0.4) is 0 Å². The Morgan fingerprint density at radius 3 is 2.81 bits per heavy atom. The van der Waals surface area contributed by atoms with Gasteiger partial charge in [0, 0.05) is 30.0 Å². The van der Waals surface area contributed by atoms with Crippen LogP contribution in [0.5, 0.6) is 0 Å². The number of halogens is 1. The van der Waals surface area contributed by atoms with Crippen LogP contribution in [-0.2, 0) is 4.79 Å². The highest BCUT2D eigenvalue weighted by molar-refractivity contribution is 7.80. The fourth-order valence-electron chi connectivity index (χ4n) is 3.04. The molecule has 0 spiro atoms. The fraction of sp³-hybridized carbons (Fsp3) is 0.250. The molecule has 0 aliphatic carbocycles. The van der Waals surface area contributed by atoms with Gasteiger partial charge in [-0.3, -0.25) is 20.5 Å². The summed E-state index contributed by atoms with van der Waals surface area (Å²) in [7, 11) is 0. The molecule has 1 aromatic heterocycles. The number of aromatic nitrogens is 1. The molecular weight excluding hydrogens is 380 g/mol. The maximum absolute atomic E-state index is 12.1. The van der Waals surface area contributed by atoms with E-state index in [4.69, 9.17) is 23.8 Å². The fourth-order valence-corrected chi connectivity index (χ4v) is 3.39. The molecule has 2 heterocycles. The van der Waals surface area contributed by atoms with Crippen molar-refractivity contribution in [2.75, 3.05) is 6.54 Å². The van der Waals surface area contributed by atoms with Crippen LogP contribution in [0, 0.1) is 0 Å². The van der Waals surface area contributed by atoms with Gasteiger partial charge < -0.3 is 0 Å². The number of amides is 1. The third-order valence-electron chi connectivity index (χ3n) is 4.35. The number of thiocarbonyl (C=S) groups is 1. The van der Waals surface area contributed by atoms with Crippen LogP contribution >= 0.6 is 23.8 Å². The molecule has 5 nitrogen and oxygen atoms in total. The van der Waals surface area contributed by atoms with E-state index in [0.29, 0.717) is 5.02 Å². The number of hydrogen-bond acceptors (Lipinski definition) is 4. The first-order valence-electron chi connectivity index (χ1n) is 8.83. The molecule has 27 heavy (non-hydrogen) atoms. The number of benzene rings is 1. The molecule has 0 unspecified atom stereocenters. The van der Waals surface area contributed by atoms with Crippen LogP contribution < -0.4 is 10.7 Å². The standard InChI is InChI=1S/C20H21ClN4OS/c21-17-9-6-15(7-10-17)8-11-19(26)23-20(27)24-25-13-2-1-5-18(25)16-4-3-12-22-14-16/h3-4,6-12,14,18H,1-2,5,13H2,(H2,23,24,26,27)/b11-8+/t18-/m1/s1. The molecule has 1 fully saturated rings. The van der Waals surface area contributed by atoms with Gasteiger partial charge in [-0.1, -0.05) is 36.2 Å². The highest BCUT2D eigenvalue weighted by atomic mass is 35.5. The predicted molar refractivity (Wildman–Crippen MR) is 112 cm³/mol. The molecule has 0 radical (unpaired) electrons. The van der Waals surface area contributed by atoms with Gasteiger partial charge in [-0.05, 0) is 60.5 Å². The summed E-state index contributed by atoms with van der Waals surface area (Å²) in [6.07, 6.45) is 10.1. The molecule has 2 N–H and O–H groups in total. The highest BCUT2D eigenvalue weighted by Crippen LogP contribution is 2.28. The van der Waals surface area contributed by atoms with E-state index in [9.17, 15) is 4.79 Å². The van der Waals surface area contributed by atoms with Crippen LogP contribution in [-0.4, -0.2) is 27.6 Å². The number of hydrogen-bond donors (Lipinski definition) is 2. The lowest BCUT2D eigenvalue weighted by atomic mass is 9.98. The zero-order valence-electron chi connectivity index (χ0n) is 14.8. The summed E-state index contributed by atoms with van der Waals surface area (Å²) in [5.41, 5.74) is 5.19. The molecule has 1 aromatic carbocycles. The van der Waals surface area contributed by atoms with Crippen molar-refractivity contribution < 1.29 is 4.79 Å². The van der Waals surface area contributed by atoms with Crippen LogP contribution in [0.25, 0.3) is 6.08 Å². The minimum absolute atomic E-state index is 0.187. The van der Waals surface area contributed by atoms with Gasteiger partial charge >= 0.3 is 0 Å². The molecule has 2 aromatic rings. The van der Waals surface area contributed by atoms with Crippen molar-refractivity contribution in [1.29, 1.82) is 0 Å². The van der Waals surface area contributed by atoms with Crippen LogP contribution in [0.15, 0.2) is 54.9 Å². The summed E-state index contributed by atoms with van der Waals surface area (Å²) in [5, 5.41) is 5.71. The summed E-state index contributed by atoms with van der Waals surface area (Å²) in [6, 6.07) is 11.4. The molecule has 7 heteroatoms. The van der Waals surface area contributed by atoms with Gasteiger partial charge in [0.2, 0.25) is 5.91 Å². The number of carbonyl (C=O) groups is 1. The lowest BCUT2D eigenvalue weighted by Crippen LogP contribution is -2.51. The first kappa shape index (κ1) is 19.5. The molecular formula is C20H21ClN4OS. The molecule has 1 aliphatic rings. The Kier molecular flexibility index (Phi) is 6.92. The Bertz CT molecular complexity index is 810. The highest BCUT2D eigenvalue weighted by Gasteiger charge is 2.24. The minimum Gasteiger partial charge on any atom is -0.298 e. The summed E-state index contributed by atoms with van der Waals surface area (Å²) in [6.45, 7) is 0.857. The van der Waals surface area contributed by atoms with Gasteiger partial charge in [-0.15, -0.1) is 0 Å². The lowest BCUT2D eigenvalue weighted by Gasteiger charge is -2.36. The Morgan fingerprint density at radius 1 is 1.26 bits per heavy atom. The first-order valence-corrected chi connectivity index (χ1v) is 9.62. The van der Waals surface area contributed by atoms with E-state index in [-0.39, 0.29) is 17.1 Å². The van der Waals surface area contributed by atoms with Gasteiger partial charge in [0.25, 0.3) is 0 Å². The van der Waals surface area contributed by atoms with E-state index in [1.165, 1.54) is 6.08 Å². The van der Waals surface area contributed by atoms with E-state index in [1.54, 1.807) is 24.4 Å². The van der Waals surface area contributed by atoms with Crippen molar-refractivity contribution in [3.8, 4) is 0 Å². The number of nitrogens with zero attached hydrogens (tertiary/aromatic N) is 2. The molecule has 0 bridgehead atoms. The van der Waals surface area contributed by atoms with Gasteiger partial charge in [-0.25, -0.2) is 5.01 Å². The van der Waals surface area contributed by atoms with Crippen LogP contribution in [0.2, 0.25) is 5.02 Å². The molecule has 1 amide bonds. The maximum atomic E-state index is 12.1. The quantitative estimate of drug-likeness (QED) is 0.602. The van der Waals surface area contributed by atoms with E-state index in [0.717, 1.165) is 36.9 Å². The minimum atomic E-state index is -0.280. The smallest absolute Gasteiger partial charge is 0.250 e. The Hall–Kier alpha value is -2.28. The Balaban J connectivity index is 1.55. The summed E-state index contributed by atoms with van der Waals surface area (Å²) in [4.78, 5) is 16.3. The molecule has 140 valence electrons. The van der Waals surface area contributed by atoms with Crippen molar-refractivity contribution in [2.24, 2.45) is 0 Å². The lowest BCUT2D eigenvalue weighted by molar-refractivity contribution is -0.115. The van der Waals surface area contributed by atoms with Crippen LogP contribution in [0.4, 0.5) is 0 Å². The monoisotopic (exact) mass is 400 g/mol. The van der Waals surface area contributed by atoms with Crippen molar-refractivity contribution in [1.82, 2.24) is 20.7 Å². The van der Waals surface area contributed by atoms with Crippen molar-refractivity contribution in [3.63, 3.8) is 0 Å². The number of piperidine rings is 1. The largest absolute Gasteiger partial charge is 0.298 e. The average Bonchev–Trinajstić information content (AvgIpc) is 2.68. The van der Waals surface area contributed by atoms with Crippen LogP contribution in [0.1, 0.15) is 36.4 Å². The van der Waals surface area contributed by atoms with E-state index in [2.05, 4.69) is 26.8 Å². The summed E-state index contributed by atoms with van der Waals surface area (Å²) >= 11 is 11.2. The van der Waals surface area contributed by atoms with Gasteiger partial charge in [0.15, 0.2) is 5.11 Å². The van der Waals surface area contributed by atoms with Gasteiger partial charge in [-0.2, -0.15) is 0 Å². The summed E-state index contributed by atoms with van der Waals surface area (Å²) in [5.74, 6) is -0.280. The molecule has 3 rings (SSSR count). The number of rotatable bonds is 4. The van der Waals surface area contributed by atoms with E-state index in [1.807, 2.05) is 24.4 Å². The topological polar surface area (TPSA) is 57.3 Å². The zero-order valence-corrected chi connectivity index (χ0v) is 16.3. The SMILES string of the molecule is O=C(/C=C/c1ccc(Cl)cc1)NC(=S)NN1CCCC[C@@H]1c1cccnc1. The van der Waals surface area contributed by atoms with E-state index >= 15 is 0 Å². The Labute approximate surface area is 169 Å².